The second-order valence-corrected chi connectivity index (χ2v) is 10.9. The van der Waals surface area contributed by atoms with Crippen LogP contribution in [0.5, 0.6) is 0 Å². The van der Waals surface area contributed by atoms with Crippen molar-refractivity contribution in [1.82, 2.24) is 9.88 Å². The van der Waals surface area contributed by atoms with Gasteiger partial charge in [-0.15, -0.1) is 0 Å². The number of nitrogens with zero attached hydrogens (tertiary/aromatic N) is 2. The lowest BCUT2D eigenvalue weighted by atomic mass is 9.99. The Morgan fingerprint density at radius 1 is 1.30 bits per heavy atom. The molecule has 2 aliphatic heterocycles. The zero-order valence-corrected chi connectivity index (χ0v) is 21.7. The van der Waals surface area contributed by atoms with E-state index in [9.17, 15) is 14.3 Å². The number of pyridine rings is 1. The van der Waals surface area contributed by atoms with Crippen LogP contribution in [0.15, 0.2) is 30.3 Å². The summed E-state index contributed by atoms with van der Waals surface area (Å²) in [6.45, 7) is 5.12. The number of aromatic nitrogens is 1. The smallest absolute Gasteiger partial charge is 0.325 e. The standard InChI is InChI=1S/C29H38FN3O4/c1-29(12-13-29)37-19-20-7-8-21(30)17-24(20)27(28(34)35)33-15-11-23(18-33)36-16-3-2-5-22-9-10-25-26(32-22)6-4-14-31-25/h7-10,17,23,27,31H,2-6,11-16,18-19H2,1H3,(H,34,35)/t23-,27?/m1/s1. The molecule has 1 saturated heterocycles. The lowest BCUT2D eigenvalue weighted by Gasteiger charge is -2.27. The molecule has 2 fully saturated rings. The van der Waals surface area contributed by atoms with Crippen LogP contribution in [0, 0.1) is 5.82 Å². The van der Waals surface area contributed by atoms with E-state index < -0.39 is 17.8 Å². The molecule has 0 spiro atoms. The maximum atomic E-state index is 14.2. The molecule has 1 saturated carbocycles. The van der Waals surface area contributed by atoms with Gasteiger partial charge >= 0.3 is 5.97 Å². The first kappa shape index (κ1) is 26.1. The zero-order chi connectivity index (χ0) is 25.8. The third kappa shape index (κ3) is 6.67. The first-order valence-corrected chi connectivity index (χ1v) is 13.6. The van der Waals surface area contributed by atoms with Crippen LogP contribution in [0.25, 0.3) is 0 Å². The summed E-state index contributed by atoms with van der Waals surface area (Å²) in [7, 11) is 0. The molecule has 200 valence electrons. The number of benzene rings is 1. The number of anilines is 1. The number of carboxylic acids is 1. The highest BCUT2D eigenvalue weighted by molar-refractivity contribution is 5.76. The highest BCUT2D eigenvalue weighted by atomic mass is 19.1. The van der Waals surface area contributed by atoms with Gasteiger partial charge in [0.15, 0.2) is 0 Å². The number of nitrogens with one attached hydrogen (secondary N) is 1. The van der Waals surface area contributed by atoms with Gasteiger partial charge in [0.05, 0.1) is 29.7 Å². The number of fused-ring (bicyclic) bond motifs is 1. The fraction of sp³-hybridized carbons (Fsp3) is 0.586. The summed E-state index contributed by atoms with van der Waals surface area (Å²) in [6, 6.07) is 7.72. The molecule has 2 N–H and O–H groups in total. The van der Waals surface area contributed by atoms with Crippen molar-refractivity contribution in [1.29, 1.82) is 0 Å². The number of halogens is 1. The van der Waals surface area contributed by atoms with E-state index in [2.05, 4.69) is 17.4 Å². The van der Waals surface area contributed by atoms with Gasteiger partial charge < -0.3 is 19.9 Å². The van der Waals surface area contributed by atoms with E-state index in [0.717, 1.165) is 69.2 Å². The number of hydrogen-bond donors (Lipinski definition) is 2. The minimum absolute atomic E-state index is 0.0200. The quantitative estimate of drug-likeness (QED) is 0.393. The Kier molecular flexibility index (Phi) is 8.07. The zero-order valence-electron chi connectivity index (χ0n) is 21.7. The number of hydrogen-bond acceptors (Lipinski definition) is 6. The van der Waals surface area contributed by atoms with Crippen LogP contribution in [0.3, 0.4) is 0 Å². The highest BCUT2D eigenvalue weighted by Gasteiger charge is 2.39. The summed E-state index contributed by atoms with van der Waals surface area (Å²) in [5.41, 5.74) is 4.55. The van der Waals surface area contributed by atoms with Crippen molar-refractivity contribution in [3.8, 4) is 0 Å². The Hall–Kier alpha value is -2.55. The normalized spacial score (nSPS) is 21.3. The molecule has 0 bridgehead atoms. The molecule has 7 nitrogen and oxygen atoms in total. The van der Waals surface area contributed by atoms with E-state index in [1.54, 1.807) is 6.07 Å². The minimum Gasteiger partial charge on any atom is -0.480 e. The summed E-state index contributed by atoms with van der Waals surface area (Å²) < 4.78 is 26.3. The van der Waals surface area contributed by atoms with Gasteiger partial charge in [0.25, 0.3) is 0 Å². The molecule has 2 aromatic rings. The van der Waals surface area contributed by atoms with Crippen molar-refractivity contribution >= 4 is 11.7 Å². The van der Waals surface area contributed by atoms with E-state index in [1.165, 1.54) is 23.5 Å². The Balaban J connectivity index is 1.11. The molecule has 1 aromatic carbocycles. The van der Waals surface area contributed by atoms with Gasteiger partial charge in [0, 0.05) is 31.9 Å². The van der Waals surface area contributed by atoms with E-state index >= 15 is 0 Å². The molecular weight excluding hydrogens is 473 g/mol. The van der Waals surface area contributed by atoms with Crippen molar-refractivity contribution in [3.63, 3.8) is 0 Å². The average molecular weight is 512 g/mol. The van der Waals surface area contributed by atoms with Gasteiger partial charge in [-0.05, 0) is 93.7 Å². The molecular formula is C29H38FN3O4. The molecule has 0 amide bonds. The van der Waals surface area contributed by atoms with Gasteiger partial charge in [0.1, 0.15) is 11.9 Å². The third-order valence-electron chi connectivity index (χ3n) is 7.83. The number of likely N-dealkylation sites (tertiary alicyclic amines) is 1. The van der Waals surface area contributed by atoms with Crippen molar-refractivity contribution in [2.45, 2.75) is 82.6 Å². The van der Waals surface area contributed by atoms with Gasteiger partial charge in [-0.2, -0.15) is 0 Å². The van der Waals surface area contributed by atoms with Gasteiger partial charge in [0.2, 0.25) is 0 Å². The number of rotatable bonds is 12. The maximum absolute atomic E-state index is 14.2. The SMILES string of the molecule is CC1(OCc2ccc(F)cc2C(C(=O)O)N2CC[C@@H](OCCCCc3ccc4c(n3)CCCN4)C2)CC1. The van der Waals surface area contributed by atoms with Gasteiger partial charge in [-0.3, -0.25) is 14.7 Å². The fourth-order valence-corrected chi connectivity index (χ4v) is 5.31. The summed E-state index contributed by atoms with van der Waals surface area (Å²) >= 11 is 0. The molecule has 1 aliphatic carbocycles. The van der Waals surface area contributed by atoms with Crippen LogP contribution in [-0.2, 0) is 33.7 Å². The second kappa shape index (κ2) is 11.5. The Morgan fingerprint density at radius 2 is 2.16 bits per heavy atom. The number of ether oxygens (including phenoxy) is 2. The summed E-state index contributed by atoms with van der Waals surface area (Å²) in [4.78, 5) is 19.0. The monoisotopic (exact) mass is 511 g/mol. The first-order chi connectivity index (χ1) is 17.9. The molecule has 37 heavy (non-hydrogen) atoms. The van der Waals surface area contributed by atoms with Crippen LogP contribution in [-0.4, -0.2) is 58.9 Å². The largest absolute Gasteiger partial charge is 0.480 e. The van der Waals surface area contributed by atoms with Crippen molar-refractivity contribution in [3.05, 3.63) is 58.7 Å². The number of aryl methyl sites for hydroxylation is 2. The maximum Gasteiger partial charge on any atom is 0.325 e. The number of carbonyl (C=O) groups is 1. The van der Waals surface area contributed by atoms with Crippen molar-refractivity contribution in [2.75, 3.05) is 31.6 Å². The highest BCUT2D eigenvalue weighted by Crippen LogP contribution is 2.40. The molecule has 2 atom stereocenters. The predicted molar refractivity (Wildman–Crippen MR) is 139 cm³/mol. The van der Waals surface area contributed by atoms with Crippen LogP contribution in [0.1, 0.15) is 74.0 Å². The lowest BCUT2D eigenvalue weighted by Crippen LogP contribution is -2.34. The summed E-state index contributed by atoms with van der Waals surface area (Å²) in [5, 5.41) is 13.5. The first-order valence-electron chi connectivity index (χ1n) is 13.6. The summed E-state index contributed by atoms with van der Waals surface area (Å²) in [5.74, 6) is -1.41. The van der Waals surface area contributed by atoms with Crippen molar-refractivity contribution in [2.24, 2.45) is 0 Å². The average Bonchev–Trinajstić information content (AvgIpc) is 3.45. The van der Waals surface area contributed by atoms with Gasteiger partial charge in [-0.1, -0.05) is 6.07 Å². The molecule has 1 aromatic heterocycles. The molecule has 3 aliphatic rings. The van der Waals surface area contributed by atoms with Crippen LogP contribution < -0.4 is 5.32 Å². The van der Waals surface area contributed by atoms with Crippen molar-refractivity contribution < 1.29 is 23.8 Å². The van der Waals surface area contributed by atoms with E-state index in [0.29, 0.717) is 31.9 Å². The third-order valence-corrected chi connectivity index (χ3v) is 7.83. The number of carboxylic acid groups (broad SMARTS) is 1. The second-order valence-electron chi connectivity index (χ2n) is 10.9. The number of aliphatic carboxylic acids is 1. The minimum atomic E-state index is -0.974. The molecule has 0 radical (unpaired) electrons. The van der Waals surface area contributed by atoms with Crippen LogP contribution >= 0.6 is 0 Å². The molecule has 3 heterocycles. The Bertz CT molecular complexity index is 1110. The van der Waals surface area contributed by atoms with Crippen LogP contribution in [0.4, 0.5) is 10.1 Å². The Labute approximate surface area is 218 Å². The van der Waals surface area contributed by atoms with Crippen LogP contribution in [0.2, 0.25) is 0 Å². The van der Waals surface area contributed by atoms with E-state index in [4.69, 9.17) is 14.5 Å². The topological polar surface area (TPSA) is 83.9 Å². The molecule has 8 heteroatoms. The van der Waals surface area contributed by atoms with E-state index in [1.807, 2.05) is 11.8 Å². The van der Waals surface area contributed by atoms with Gasteiger partial charge in [-0.25, -0.2) is 4.39 Å². The number of unbranched alkanes of at least 4 members (excludes halogenated alkanes) is 1. The lowest BCUT2D eigenvalue weighted by molar-refractivity contribution is -0.143. The fourth-order valence-electron chi connectivity index (χ4n) is 5.31. The Morgan fingerprint density at radius 3 is 2.97 bits per heavy atom. The summed E-state index contributed by atoms with van der Waals surface area (Å²) in [6.07, 6.45) is 7.77. The van der Waals surface area contributed by atoms with E-state index in [-0.39, 0.29) is 11.7 Å². The predicted octanol–water partition coefficient (Wildman–Crippen LogP) is 4.89. The molecule has 1 unspecified atom stereocenters. The molecule has 5 rings (SSSR count).